The summed E-state index contributed by atoms with van der Waals surface area (Å²) >= 11 is 1.02. The van der Waals surface area contributed by atoms with Crippen molar-refractivity contribution in [1.82, 2.24) is 9.97 Å². The van der Waals surface area contributed by atoms with Crippen LogP contribution in [0.15, 0.2) is 29.6 Å². The molecule has 12 nitrogen and oxygen atoms in total. The fourth-order valence-corrected chi connectivity index (χ4v) is 6.50. The van der Waals surface area contributed by atoms with Crippen molar-refractivity contribution in [2.45, 2.75) is 94.7 Å². The summed E-state index contributed by atoms with van der Waals surface area (Å²) in [5.41, 5.74) is 2.53. The third-order valence-electron chi connectivity index (χ3n) is 6.93. The maximum Gasteiger partial charge on any atom is 0.303 e. The van der Waals surface area contributed by atoms with Crippen LogP contribution in [0.3, 0.4) is 0 Å². The van der Waals surface area contributed by atoms with Gasteiger partial charge in [0.2, 0.25) is 0 Å². The lowest BCUT2D eigenvalue weighted by Crippen LogP contribution is -2.61. The van der Waals surface area contributed by atoms with Gasteiger partial charge in [-0.15, -0.1) is 0 Å². The lowest BCUT2D eigenvalue weighted by molar-refractivity contribution is -0.237. The van der Waals surface area contributed by atoms with E-state index in [1.54, 1.807) is 18.5 Å². The Morgan fingerprint density at radius 1 is 0.953 bits per heavy atom. The Morgan fingerprint density at radius 3 is 2.26 bits per heavy atom. The van der Waals surface area contributed by atoms with Gasteiger partial charge < -0.3 is 23.7 Å². The Bertz CT molecular complexity index is 1410. The first-order valence-corrected chi connectivity index (χ1v) is 14.8. The smallest absolute Gasteiger partial charge is 0.303 e. The van der Waals surface area contributed by atoms with E-state index in [9.17, 15) is 24.4 Å². The Hall–Kier alpha value is -4.02. The van der Waals surface area contributed by atoms with E-state index in [0.29, 0.717) is 17.0 Å². The fourth-order valence-electron chi connectivity index (χ4n) is 5.31. The average molecular weight is 612 g/mol. The topological polar surface area (TPSA) is 164 Å². The fraction of sp³-hybridized carbons (Fsp3) is 0.500. The van der Waals surface area contributed by atoms with Gasteiger partial charge in [-0.2, -0.15) is 5.26 Å². The molecule has 0 aromatic carbocycles. The van der Waals surface area contributed by atoms with Crippen molar-refractivity contribution in [3.63, 3.8) is 0 Å². The van der Waals surface area contributed by atoms with E-state index in [-0.39, 0.29) is 6.61 Å². The molecule has 4 rings (SSSR count). The predicted octanol–water partition coefficient (Wildman–Crippen LogP) is 3.46. The van der Waals surface area contributed by atoms with Crippen molar-refractivity contribution in [3.8, 4) is 17.2 Å². The second-order valence-corrected chi connectivity index (χ2v) is 11.3. The molecule has 2 aromatic heterocycles. The first-order chi connectivity index (χ1) is 20.6. The SMILES string of the molecule is CC(=O)OC[C@H]1O[C@@H](Sc2nc3c(c(-c4cccnc4)c2C#N)CCCCC3)[C@H](OC(C)=O)[C@@H](OC(C)=O)[C@@H]1OC(C)=O. The number of pyridine rings is 2. The Morgan fingerprint density at radius 2 is 1.63 bits per heavy atom. The van der Waals surface area contributed by atoms with Gasteiger partial charge >= 0.3 is 23.9 Å². The molecular formula is C30H33N3O9S. The van der Waals surface area contributed by atoms with E-state index in [1.807, 2.05) is 6.07 Å². The van der Waals surface area contributed by atoms with Gasteiger partial charge in [0.05, 0.1) is 5.56 Å². The second kappa shape index (κ2) is 14.4. The maximum atomic E-state index is 12.3. The van der Waals surface area contributed by atoms with E-state index in [4.69, 9.17) is 28.7 Å². The maximum absolute atomic E-state index is 12.3. The van der Waals surface area contributed by atoms with Crippen LogP contribution in [-0.4, -0.2) is 70.3 Å². The molecule has 3 heterocycles. The summed E-state index contributed by atoms with van der Waals surface area (Å²) in [6, 6.07) is 5.99. The van der Waals surface area contributed by atoms with E-state index in [2.05, 4.69) is 11.1 Å². The van der Waals surface area contributed by atoms with Crippen LogP contribution < -0.4 is 0 Å². The number of esters is 4. The van der Waals surface area contributed by atoms with Crippen LogP contribution in [0.4, 0.5) is 0 Å². The van der Waals surface area contributed by atoms with E-state index >= 15 is 0 Å². The van der Waals surface area contributed by atoms with Crippen molar-refractivity contribution in [1.29, 1.82) is 5.26 Å². The van der Waals surface area contributed by atoms with Gasteiger partial charge in [0.25, 0.3) is 0 Å². The number of ether oxygens (including phenoxy) is 5. The molecule has 2 aromatic rings. The van der Waals surface area contributed by atoms with Crippen LogP contribution in [0.1, 0.15) is 63.8 Å². The summed E-state index contributed by atoms with van der Waals surface area (Å²) in [6.07, 6.45) is 2.75. The molecule has 0 bridgehead atoms. The number of aromatic nitrogens is 2. The number of nitriles is 1. The van der Waals surface area contributed by atoms with Crippen molar-refractivity contribution < 1.29 is 42.9 Å². The highest BCUT2D eigenvalue weighted by Gasteiger charge is 2.52. The number of fused-ring (bicyclic) bond motifs is 1. The molecule has 0 N–H and O–H groups in total. The number of hydrogen-bond acceptors (Lipinski definition) is 13. The minimum absolute atomic E-state index is 0.298. The normalized spacial score (nSPS) is 23.1. The molecule has 13 heteroatoms. The van der Waals surface area contributed by atoms with Crippen LogP contribution in [0, 0.1) is 11.3 Å². The molecule has 1 saturated heterocycles. The van der Waals surface area contributed by atoms with Gasteiger partial charge in [0.15, 0.2) is 23.7 Å². The minimum Gasteiger partial charge on any atom is -0.463 e. The third kappa shape index (κ3) is 7.88. The zero-order chi connectivity index (χ0) is 31.1. The number of hydrogen-bond donors (Lipinski definition) is 0. The molecule has 0 saturated carbocycles. The van der Waals surface area contributed by atoms with Crippen LogP contribution in [0.5, 0.6) is 0 Å². The molecule has 5 atom stereocenters. The molecule has 0 spiro atoms. The molecule has 0 radical (unpaired) electrons. The largest absolute Gasteiger partial charge is 0.463 e. The van der Waals surface area contributed by atoms with Gasteiger partial charge in [-0.25, -0.2) is 4.98 Å². The van der Waals surface area contributed by atoms with Gasteiger partial charge in [-0.1, -0.05) is 24.2 Å². The second-order valence-electron chi connectivity index (χ2n) is 10.2. The Kier molecular flexibility index (Phi) is 10.7. The molecule has 1 fully saturated rings. The van der Waals surface area contributed by atoms with E-state index in [1.165, 1.54) is 13.8 Å². The van der Waals surface area contributed by atoms with Crippen LogP contribution in [-0.2, 0) is 55.7 Å². The van der Waals surface area contributed by atoms with Crippen molar-refractivity contribution in [2.75, 3.05) is 6.61 Å². The highest BCUT2D eigenvalue weighted by molar-refractivity contribution is 7.99. The number of carbonyl (C=O) groups excluding carboxylic acids is 4. The van der Waals surface area contributed by atoms with Crippen molar-refractivity contribution in [2.24, 2.45) is 0 Å². The number of aryl methyl sites for hydroxylation is 1. The Balaban J connectivity index is 1.85. The van der Waals surface area contributed by atoms with E-state index in [0.717, 1.165) is 73.7 Å². The summed E-state index contributed by atoms with van der Waals surface area (Å²) in [5.74, 6) is -2.76. The number of carbonyl (C=O) groups is 4. The first-order valence-electron chi connectivity index (χ1n) is 13.9. The molecule has 228 valence electrons. The van der Waals surface area contributed by atoms with Crippen LogP contribution >= 0.6 is 11.8 Å². The molecule has 1 aliphatic heterocycles. The summed E-state index contributed by atoms with van der Waals surface area (Å²) < 4.78 is 28.1. The number of nitrogens with zero attached hydrogens (tertiary/aromatic N) is 3. The van der Waals surface area contributed by atoms with Gasteiger partial charge in [-0.3, -0.25) is 24.2 Å². The zero-order valence-corrected chi connectivity index (χ0v) is 25.2. The Labute approximate surface area is 253 Å². The highest BCUT2D eigenvalue weighted by Crippen LogP contribution is 2.42. The molecule has 43 heavy (non-hydrogen) atoms. The van der Waals surface area contributed by atoms with Gasteiger partial charge in [0.1, 0.15) is 23.8 Å². The first kappa shape index (κ1) is 31.9. The van der Waals surface area contributed by atoms with Gasteiger partial charge in [0, 0.05) is 56.9 Å². The lowest BCUT2D eigenvalue weighted by Gasteiger charge is -2.44. The molecule has 1 aliphatic carbocycles. The van der Waals surface area contributed by atoms with Crippen molar-refractivity contribution >= 4 is 35.6 Å². The molecule has 0 unspecified atom stereocenters. The monoisotopic (exact) mass is 611 g/mol. The van der Waals surface area contributed by atoms with Crippen molar-refractivity contribution in [3.05, 3.63) is 41.3 Å². The highest BCUT2D eigenvalue weighted by atomic mass is 32.2. The lowest BCUT2D eigenvalue weighted by atomic mass is 9.93. The number of rotatable bonds is 8. The quantitative estimate of drug-likeness (QED) is 0.242. The summed E-state index contributed by atoms with van der Waals surface area (Å²) in [5, 5.41) is 10.8. The summed E-state index contributed by atoms with van der Waals surface area (Å²) in [7, 11) is 0. The third-order valence-corrected chi connectivity index (χ3v) is 8.06. The van der Waals surface area contributed by atoms with Crippen LogP contribution in [0.2, 0.25) is 0 Å². The van der Waals surface area contributed by atoms with E-state index < -0.39 is 53.7 Å². The predicted molar refractivity (Wildman–Crippen MR) is 151 cm³/mol. The average Bonchev–Trinajstić information content (AvgIpc) is 3.19. The van der Waals surface area contributed by atoms with Crippen LogP contribution in [0.25, 0.3) is 11.1 Å². The zero-order valence-electron chi connectivity index (χ0n) is 24.4. The molecule has 2 aliphatic rings. The minimum atomic E-state index is -1.32. The summed E-state index contributed by atoms with van der Waals surface area (Å²) in [6.45, 7) is 4.36. The van der Waals surface area contributed by atoms with Gasteiger partial charge in [-0.05, 0) is 37.3 Å². The number of thioether (sulfide) groups is 1. The summed E-state index contributed by atoms with van der Waals surface area (Å²) in [4.78, 5) is 57.4. The molecular weight excluding hydrogens is 578 g/mol. The molecule has 0 amide bonds. The standard InChI is InChI=1S/C30H33N3O9S/c1-16(34)38-15-24-26(39-17(2)35)27(40-18(3)36)28(41-19(4)37)30(42-24)43-29-22(13-31)25(20-9-8-12-32-14-20)21-10-6-5-7-11-23(21)33-29/h8-9,12,14,24,26-28,30H,5-7,10-11,15H2,1-4H3/t24-,26-,27+,28-,30+/m1/s1.